The largest absolute Gasteiger partial charge is 0.478 e. The van der Waals surface area contributed by atoms with Crippen molar-refractivity contribution in [1.29, 1.82) is 0 Å². The molecule has 8 heteroatoms. The van der Waals surface area contributed by atoms with Crippen LogP contribution in [0.2, 0.25) is 0 Å². The lowest BCUT2D eigenvalue weighted by Crippen LogP contribution is -2.47. The average Bonchev–Trinajstić information content (AvgIpc) is 2.80. The number of hydroxylamine groups is 2. The van der Waals surface area contributed by atoms with Gasteiger partial charge in [0.25, 0.3) is 11.8 Å². The fourth-order valence-corrected chi connectivity index (χ4v) is 3.05. The first-order valence-electron chi connectivity index (χ1n) is 10.7. The van der Waals surface area contributed by atoms with Crippen LogP contribution in [0.4, 0.5) is 0 Å². The fraction of sp³-hybridized carbons (Fsp3) is 0.478. The van der Waals surface area contributed by atoms with Gasteiger partial charge >= 0.3 is 0 Å². The first-order valence-corrected chi connectivity index (χ1v) is 10.7. The van der Waals surface area contributed by atoms with Crippen LogP contribution >= 0.6 is 0 Å². The molecular formula is C23H32N4O4. The highest BCUT2D eigenvalue weighted by Crippen LogP contribution is 2.22. The molecule has 0 radical (unpaired) electrons. The molecule has 0 unspecified atom stereocenters. The van der Waals surface area contributed by atoms with Gasteiger partial charge in [-0.15, -0.1) is 0 Å². The molecule has 31 heavy (non-hydrogen) atoms. The zero-order valence-electron chi connectivity index (χ0n) is 18.8. The molecule has 0 fully saturated rings. The molecule has 0 bridgehead atoms. The number of rotatable bonds is 12. The zero-order valence-corrected chi connectivity index (χ0v) is 18.8. The third kappa shape index (κ3) is 7.03. The molecule has 0 aliphatic heterocycles. The molecule has 1 aromatic carbocycles. The van der Waals surface area contributed by atoms with E-state index in [0.717, 1.165) is 30.7 Å². The Bertz CT molecular complexity index is 859. The van der Waals surface area contributed by atoms with Crippen LogP contribution < -0.4 is 10.1 Å². The van der Waals surface area contributed by atoms with Crippen molar-refractivity contribution in [3.8, 4) is 17.3 Å². The summed E-state index contributed by atoms with van der Waals surface area (Å²) >= 11 is 0. The monoisotopic (exact) mass is 428 g/mol. The molecule has 1 heterocycles. The summed E-state index contributed by atoms with van der Waals surface area (Å²) in [5.41, 5.74) is 0.960. The maximum absolute atomic E-state index is 13.1. The van der Waals surface area contributed by atoms with E-state index in [0.29, 0.717) is 35.9 Å². The molecular weight excluding hydrogens is 396 g/mol. The second-order valence-electron chi connectivity index (χ2n) is 7.15. The third-order valence-corrected chi connectivity index (χ3v) is 4.81. The molecule has 0 saturated heterocycles. The number of ether oxygens (including phenoxy) is 1. The highest BCUT2D eigenvalue weighted by molar-refractivity contribution is 6.02. The molecule has 8 nitrogen and oxygen atoms in total. The minimum Gasteiger partial charge on any atom is -0.478 e. The summed E-state index contributed by atoms with van der Waals surface area (Å²) in [4.78, 5) is 39.4. The summed E-state index contributed by atoms with van der Waals surface area (Å²) < 4.78 is 5.72. The first kappa shape index (κ1) is 24.3. The SMILES string of the molecule is CCCCCOc1ccnc(-c2ccccc2C(=O)N[C@@H](CCC)C(=O)N(C)OC)n1. The van der Waals surface area contributed by atoms with Gasteiger partial charge < -0.3 is 10.1 Å². The van der Waals surface area contributed by atoms with Crippen LogP contribution in [0.25, 0.3) is 11.4 Å². The Morgan fingerprint density at radius 2 is 1.90 bits per heavy atom. The molecule has 0 saturated carbocycles. The van der Waals surface area contributed by atoms with Crippen LogP contribution in [-0.2, 0) is 9.63 Å². The fourth-order valence-electron chi connectivity index (χ4n) is 3.05. The quantitative estimate of drug-likeness (QED) is 0.410. The van der Waals surface area contributed by atoms with Crippen molar-refractivity contribution in [2.45, 2.75) is 52.0 Å². The molecule has 0 aliphatic carbocycles. The van der Waals surface area contributed by atoms with E-state index in [2.05, 4.69) is 22.2 Å². The van der Waals surface area contributed by atoms with E-state index in [9.17, 15) is 9.59 Å². The van der Waals surface area contributed by atoms with Gasteiger partial charge in [0.2, 0.25) is 5.88 Å². The van der Waals surface area contributed by atoms with E-state index in [-0.39, 0.29) is 11.8 Å². The molecule has 0 aliphatic rings. The molecule has 2 amide bonds. The highest BCUT2D eigenvalue weighted by atomic mass is 16.7. The first-order chi connectivity index (χ1) is 15.0. The van der Waals surface area contributed by atoms with E-state index < -0.39 is 6.04 Å². The number of carbonyl (C=O) groups excluding carboxylic acids is 2. The number of hydrogen-bond acceptors (Lipinski definition) is 6. The van der Waals surface area contributed by atoms with Gasteiger partial charge in [-0.3, -0.25) is 14.4 Å². The van der Waals surface area contributed by atoms with E-state index in [1.54, 1.807) is 30.5 Å². The topological polar surface area (TPSA) is 93.6 Å². The highest BCUT2D eigenvalue weighted by Gasteiger charge is 2.25. The molecule has 1 aromatic heterocycles. The Balaban J connectivity index is 2.23. The lowest BCUT2D eigenvalue weighted by atomic mass is 10.0. The van der Waals surface area contributed by atoms with Gasteiger partial charge in [-0.2, -0.15) is 4.98 Å². The van der Waals surface area contributed by atoms with Crippen molar-refractivity contribution in [3.63, 3.8) is 0 Å². The van der Waals surface area contributed by atoms with Gasteiger partial charge in [-0.1, -0.05) is 51.3 Å². The van der Waals surface area contributed by atoms with Gasteiger partial charge in [-0.05, 0) is 18.9 Å². The molecule has 168 valence electrons. The second-order valence-corrected chi connectivity index (χ2v) is 7.15. The summed E-state index contributed by atoms with van der Waals surface area (Å²) in [6.07, 6.45) is 6.01. The standard InChI is InChI=1S/C23H32N4O4/c1-5-7-10-16-31-20-14-15-24-21(26-20)17-12-8-9-13-18(17)22(28)25-19(11-6-2)23(29)27(3)30-4/h8-9,12-15,19H,5-7,10-11,16H2,1-4H3,(H,25,28)/t19-/m0/s1. The Morgan fingerprint density at radius 1 is 1.13 bits per heavy atom. The summed E-state index contributed by atoms with van der Waals surface area (Å²) in [5, 5.41) is 3.95. The number of benzene rings is 1. The predicted octanol–water partition coefficient (Wildman–Crippen LogP) is 3.63. The van der Waals surface area contributed by atoms with E-state index in [4.69, 9.17) is 9.57 Å². The molecule has 2 rings (SSSR count). The number of nitrogens with zero attached hydrogens (tertiary/aromatic N) is 3. The van der Waals surface area contributed by atoms with Crippen LogP contribution in [0.15, 0.2) is 36.5 Å². The van der Waals surface area contributed by atoms with Crippen molar-refractivity contribution in [1.82, 2.24) is 20.3 Å². The smallest absolute Gasteiger partial charge is 0.268 e. The number of carbonyl (C=O) groups is 2. The van der Waals surface area contributed by atoms with Crippen molar-refractivity contribution < 1.29 is 19.2 Å². The van der Waals surface area contributed by atoms with Crippen molar-refractivity contribution >= 4 is 11.8 Å². The van der Waals surface area contributed by atoms with E-state index >= 15 is 0 Å². The van der Waals surface area contributed by atoms with Crippen LogP contribution in [0, 0.1) is 0 Å². The van der Waals surface area contributed by atoms with Crippen LogP contribution in [-0.4, -0.2) is 53.7 Å². The van der Waals surface area contributed by atoms with Crippen LogP contribution in [0.3, 0.4) is 0 Å². The number of amides is 2. The summed E-state index contributed by atoms with van der Waals surface area (Å²) in [5.74, 6) is 0.182. The van der Waals surface area contributed by atoms with E-state index in [1.165, 1.54) is 14.2 Å². The number of likely N-dealkylation sites (N-methyl/N-ethyl adjacent to an activating group) is 1. The van der Waals surface area contributed by atoms with Gasteiger partial charge in [0.15, 0.2) is 5.82 Å². The lowest BCUT2D eigenvalue weighted by molar-refractivity contribution is -0.171. The number of nitrogens with one attached hydrogen (secondary N) is 1. The third-order valence-electron chi connectivity index (χ3n) is 4.81. The summed E-state index contributed by atoms with van der Waals surface area (Å²) in [6.45, 7) is 4.67. The molecule has 2 aromatic rings. The zero-order chi connectivity index (χ0) is 22.6. The van der Waals surface area contributed by atoms with E-state index in [1.807, 2.05) is 13.0 Å². The lowest BCUT2D eigenvalue weighted by Gasteiger charge is -2.22. The second kappa shape index (κ2) is 12.6. The van der Waals surface area contributed by atoms with Gasteiger partial charge in [0, 0.05) is 24.9 Å². The normalized spacial score (nSPS) is 11.6. The summed E-state index contributed by atoms with van der Waals surface area (Å²) in [7, 11) is 2.93. The summed E-state index contributed by atoms with van der Waals surface area (Å²) in [6, 6.07) is 8.07. The Hall–Kier alpha value is -3.00. The minimum atomic E-state index is -0.690. The Kier molecular flexibility index (Phi) is 9.90. The van der Waals surface area contributed by atoms with Crippen molar-refractivity contribution in [2.24, 2.45) is 0 Å². The maximum Gasteiger partial charge on any atom is 0.268 e. The van der Waals surface area contributed by atoms with Crippen molar-refractivity contribution in [2.75, 3.05) is 20.8 Å². The van der Waals surface area contributed by atoms with Crippen molar-refractivity contribution in [3.05, 3.63) is 42.1 Å². The number of unbranched alkanes of at least 4 members (excludes halogenated alkanes) is 2. The number of hydrogen-bond donors (Lipinski definition) is 1. The Labute approximate surface area is 183 Å². The molecule has 1 atom stereocenters. The van der Waals surface area contributed by atoms with Gasteiger partial charge in [-0.25, -0.2) is 10.0 Å². The minimum absolute atomic E-state index is 0.311. The average molecular weight is 429 g/mol. The number of aromatic nitrogens is 2. The molecule has 0 spiro atoms. The predicted molar refractivity (Wildman–Crippen MR) is 118 cm³/mol. The van der Waals surface area contributed by atoms with Gasteiger partial charge in [0.1, 0.15) is 6.04 Å². The molecule has 1 N–H and O–H groups in total. The Morgan fingerprint density at radius 3 is 2.61 bits per heavy atom. The maximum atomic E-state index is 13.1. The van der Waals surface area contributed by atoms with Crippen LogP contribution in [0.5, 0.6) is 5.88 Å². The van der Waals surface area contributed by atoms with Gasteiger partial charge in [0.05, 0.1) is 19.3 Å². The van der Waals surface area contributed by atoms with Crippen LogP contribution in [0.1, 0.15) is 56.3 Å².